The lowest BCUT2D eigenvalue weighted by Crippen LogP contribution is -2.29. The van der Waals surface area contributed by atoms with Crippen molar-refractivity contribution in [1.82, 2.24) is 0 Å². The lowest BCUT2D eigenvalue weighted by atomic mass is 9.75. The minimum atomic E-state index is 0.388. The van der Waals surface area contributed by atoms with E-state index in [1.807, 2.05) is 18.2 Å². The van der Waals surface area contributed by atoms with E-state index in [0.29, 0.717) is 5.41 Å². The van der Waals surface area contributed by atoms with Gasteiger partial charge in [-0.25, -0.2) is 0 Å². The monoisotopic (exact) mass is 288 g/mol. The number of nitriles is 1. The van der Waals surface area contributed by atoms with Crippen LogP contribution >= 0.6 is 11.8 Å². The largest absolute Gasteiger partial charge is 0.383 e. The Kier molecular flexibility index (Phi) is 5.37. The SMILES string of the molecule is CCSc1cccc(NCC2(C)CCCCC2)c1C#N. The van der Waals surface area contributed by atoms with Gasteiger partial charge >= 0.3 is 0 Å². The third kappa shape index (κ3) is 3.70. The van der Waals surface area contributed by atoms with Crippen LogP contribution in [0.3, 0.4) is 0 Å². The van der Waals surface area contributed by atoms with Crippen LogP contribution in [0.25, 0.3) is 0 Å². The van der Waals surface area contributed by atoms with Crippen LogP contribution in [0.4, 0.5) is 5.69 Å². The first-order valence-corrected chi connectivity index (χ1v) is 8.57. The van der Waals surface area contributed by atoms with Crippen molar-refractivity contribution in [2.75, 3.05) is 17.6 Å². The average molecular weight is 288 g/mol. The molecule has 0 saturated heterocycles. The van der Waals surface area contributed by atoms with Gasteiger partial charge < -0.3 is 5.32 Å². The molecule has 0 aliphatic heterocycles. The van der Waals surface area contributed by atoms with E-state index >= 15 is 0 Å². The van der Waals surface area contributed by atoms with Crippen molar-refractivity contribution < 1.29 is 0 Å². The summed E-state index contributed by atoms with van der Waals surface area (Å²) in [6, 6.07) is 8.49. The van der Waals surface area contributed by atoms with Crippen molar-refractivity contribution in [3.8, 4) is 6.07 Å². The summed E-state index contributed by atoms with van der Waals surface area (Å²) in [5, 5.41) is 13.0. The molecular formula is C17H24N2S. The lowest BCUT2D eigenvalue weighted by molar-refractivity contribution is 0.233. The van der Waals surface area contributed by atoms with Crippen molar-refractivity contribution in [3.63, 3.8) is 0 Å². The quantitative estimate of drug-likeness (QED) is 0.770. The number of benzene rings is 1. The van der Waals surface area contributed by atoms with Crippen LogP contribution in [0.2, 0.25) is 0 Å². The van der Waals surface area contributed by atoms with Crippen LogP contribution in [0, 0.1) is 16.7 Å². The number of nitrogens with zero attached hydrogens (tertiary/aromatic N) is 1. The summed E-state index contributed by atoms with van der Waals surface area (Å²) in [5.41, 5.74) is 2.19. The molecule has 0 unspecified atom stereocenters. The van der Waals surface area contributed by atoms with Gasteiger partial charge in [-0.2, -0.15) is 5.26 Å². The molecule has 0 aromatic heterocycles. The topological polar surface area (TPSA) is 35.8 Å². The average Bonchev–Trinajstić information content (AvgIpc) is 2.46. The smallest absolute Gasteiger partial charge is 0.102 e. The number of hydrogen-bond acceptors (Lipinski definition) is 3. The van der Waals surface area contributed by atoms with Crippen molar-refractivity contribution in [3.05, 3.63) is 23.8 Å². The van der Waals surface area contributed by atoms with E-state index in [2.05, 4.69) is 25.2 Å². The number of thioether (sulfide) groups is 1. The molecule has 2 rings (SSSR count). The van der Waals surface area contributed by atoms with Gasteiger partial charge in [-0.1, -0.05) is 39.2 Å². The molecule has 1 aromatic rings. The van der Waals surface area contributed by atoms with Crippen molar-refractivity contribution in [1.29, 1.82) is 5.26 Å². The number of nitrogens with one attached hydrogen (secondary N) is 1. The molecule has 0 heterocycles. The number of anilines is 1. The van der Waals surface area contributed by atoms with Gasteiger partial charge in [0.05, 0.1) is 11.3 Å². The molecule has 2 nitrogen and oxygen atoms in total. The molecule has 1 N–H and O–H groups in total. The Balaban J connectivity index is 2.09. The molecule has 0 atom stereocenters. The van der Waals surface area contributed by atoms with Crippen LogP contribution in [-0.4, -0.2) is 12.3 Å². The third-order valence-corrected chi connectivity index (χ3v) is 5.14. The molecular weight excluding hydrogens is 264 g/mol. The maximum Gasteiger partial charge on any atom is 0.102 e. The predicted molar refractivity (Wildman–Crippen MR) is 87.2 cm³/mol. The summed E-state index contributed by atoms with van der Waals surface area (Å²) in [6.45, 7) is 5.47. The molecule has 0 amide bonds. The fourth-order valence-corrected chi connectivity index (χ4v) is 3.75. The summed E-state index contributed by atoms with van der Waals surface area (Å²) in [5.74, 6) is 0.996. The molecule has 108 valence electrons. The first kappa shape index (κ1) is 15.3. The van der Waals surface area contributed by atoms with Gasteiger partial charge in [0.2, 0.25) is 0 Å². The van der Waals surface area contributed by atoms with E-state index in [-0.39, 0.29) is 0 Å². The highest BCUT2D eigenvalue weighted by molar-refractivity contribution is 7.99. The van der Waals surface area contributed by atoms with E-state index in [1.165, 1.54) is 32.1 Å². The van der Waals surface area contributed by atoms with Crippen molar-refractivity contribution in [2.45, 2.75) is 50.8 Å². The van der Waals surface area contributed by atoms with Gasteiger partial charge in [-0.15, -0.1) is 11.8 Å². The summed E-state index contributed by atoms with van der Waals surface area (Å²) in [6.07, 6.45) is 6.66. The molecule has 0 bridgehead atoms. The third-order valence-electron chi connectivity index (χ3n) is 4.20. The van der Waals surface area contributed by atoms with Gasteiger partial charge in [0.15, 0.2) is 0 Å². The van der Waals surface area contributed by atoms with Crippen LogP contribution in [-0.2, 0) is 0 Å². The van der Waals surface area contributed by atoms with Crippen molar-refractivity contribution >= 4 is 17.4 Å². The van der Waals surface area contributed by atoms with Crippen LogP contribution in [0.15, 0.2) is 23.1 Å². The van der Waals surface area contributed by atoms with Gasteiger partial charge in [-0.05, 0) is 36.1 Å². The molecule has 1 fully saturated rings. The molecule has 0 spiro atoms. The Morgan fingerprint density at radius 3 is 2.70 bits per heavy atom. The minimum absolute atomic E-state index is 0.388. The van der Waals surface area contributed by atoms with E-state index in [4.69, 9.17) is 0 Å². The maximum absolute atomic E-state index is 9.42. The number of rotatable bonds is 5. The molecule has 0 radical (unpaired) electrons. The molecule has 20 heavy (non-hydrogen) atoms. The highest BCUT2D eigenvalue weighted by Gasteiger charge is 2.26. The second-order valence-corrected chi connectivity index (χ2v) is 7.25. The zero-order valence-electron chi connectivity index (χ0n) is 12.5. The fraction of sp³-hybridized carbons (Fsp3) is 0.588. The Morgan fingerprint density at radius 2 is 2.05 bits per heavy atom. The van der Waals surface area contributed by atoms with Gasteiger partial charge in [0.1, 0.15) is 6.07 Å². The molecule has 3 heteroatoms. The second kappa shape index (κ2) is 7.04. The van der Waals surface area contributed by atoms with E-state index in [0.717, 1.165) is 28.4 Å². The molecule has 1 aliphatic carbocycles. The van der Waals surface area contributed by atoms with E-state index in [9.17, 15) is 5.26 Å². The molecule has 1 aliphatic rings. The van der Waals surface area contributed by atoms with E-state index < -0.39 is 0 Å². The van der Waals surface area contributed by atoms with Crippen LogP contribution < -0.4 is 5.32 Å². The minimum Gasteiger partial charge on any atom is -0.383 e. The summed E-state index contributed by atoms with van der Waals surface area (Å²) >= 11 is 1.74. The standard InChI is InChI=1S/C17H24N2S/c1-3-20-16-9-7-8-15(14(16)12-18)19-13-17(2)10-5-4-6-11-17/h7-9,19H,3-6,10-11,13H2,1-2H3. The van der Waals surface area contributed by atoms with Crippen LogP contribution in [0.1, 0.15) is 51.5 Å². The maximum atomic E-state index is 9.42. The van der Waals surface area contributed by atoms with Gasteiger partial charge in [0, 0.05) is 11.4 Å². The number of hydrogen-bond donors (Lipinski definition) is 1. The molecule has 1 saturated carbocycles. The zero-order chi connectivity index (χ0) is 14.4. The normalized spacial score (nSPS) is 17.4. The van der Waals surface area contributed by atoms with Crippen LogP contribution in [0.5, 0.6) is 0 Å². The predicted octanol–water partition coefficient (Wildman–Crippen LogP) is 5.05. The highest BCUT2D eigenvalue weighted by atomic mass is 32.2. The summed E-state index contributed by atoms with van der Waals surface area (Å²) < 4.78 is 0. The zero-order valence-corrected chi connectivity index (χ0v) is 13.4. The summed E-state index contributed by atoms with van der Waals surface area (Å²) in [4.78, 5) is 1.09. The van der Waals surface area contributed by atoms with Crippen molar-refractivity contribution in [2.24, 2.45) is 5.41 Å². The molecule has 1 aromatic carbocycles. The Morgan fingerprint density at radius 1 is 1.30 bits per heavy atom. The van der Waals surface area contributed by atoms with Gasteiger partial charge in [0.25, 0.3) is 0 Å². The highest BCUT2D eigenvalue weighted by Crippen LogP contribution is 2.36. The lowest BCUT2D eigenvalue weighted by Gasteiger charge is -2.34. The fourth-order valence-electron chi connectivity index (χ4n) is 2.96. The Labute approximate surface area is 127 Å². The van der Waals surface area contributed by atoms with E-state index in [1.54, 1.807) is 11.8 Å². The Hall–Kier alpha value is -1.14. The van der Waals surface area contributed by atoms with Gasteiger partial charge in [-0.3, -0.25) is 0 Å². The Bertz CT molecular complexity index is 484. The second-order valence-electron chi connectivity index (χ2n) is 5.95. The first-order valence-electron chi connectivity index (χ1n) is 7.58. The summed E-state index contributed by atoms with van der Waals surface area (Å²) in [7, 11) is 0. The first-order chi connectivity index (χ1) is 9.68.